The van der Waals surface area contributed by atoms with Crippen LogP contribution in [0.1, 0.15) is 104 Å². The molecule has 5 atom stereocenters. The molecule has 0 aromatic heterocycles. The summed E-state index contributed by atoms with van der Waals surface area (Å²) in [7, 11) is 1.74. The third-order valence-electron chi connectivity index (χ3n) is 10.1. The smallest absolute Gasteiger partial charge is 0.0512 e. The predicted octanol–water partition coefficient (Wildman–Crippen LogP) is 8.83. The standard InChI is InChI=1S/C34H54O2/c1-4-5-6-7-27-12-15-32-22-33(17-16-31(32)21-27)34-19-18-30(20-25(34)2)29-13-10-26(11-14-29)8-9-28(23-35)24-36-3/h12,15,18-19,21,25-26,28-29,31-33,35H,4-11,13-14,16-17,20,22-24H2,1-3H3/t25-,26?,28?,29?,31?,32?,33?/m0/s1. The van der Waals surface area contributed by atoms with Gasteiger partial charge in [-0.1, -0.05) is 80.2 Å². The van der Waals surface area contributed by atoms with Crippen LogP contribution in [0.4, 0.5) is 0 Å². The van der Waals surface area contributed by atoms with Crippen LogP contribution in [-0.2, 0) is 4.74 Å². The van der Waals surface area contributed by atoms with Gasteiger partial charge in [-0.15, -0.1) is 0 Å². The van der Waals surface area contributed by atoms with Crippen molar-refractivity contribution >= 4 is 0 Å². The molecule has 0 spiro atoms. The normalized spacial score (nSPS) is 33.4. The zero-order valence-electron chi connectivity index (χ0n) is 23.6. The van der Waals surface area contributed by atoms with Gasteiger partial charge in [-0.25, -0.2) is 0 Å². The first-order valence-electron chi connectivity index (χ1n) is 15.5. The molecule has 1 N–H and O–H groups in total. The molecule has 4 aliphatic rings. The average Bonchev–Trinajstić information content (AvgIpc) is 2.91. The van der Waals surface area contributed by atoms with E-state index < -0.39 is 0 Å². The molecule has 0 aliphatic heterocycles. The minimum absolute atomic E-state index is 0.262. The molecule has 36 heavy (non-hydrogen) atoms. The van der Waals surface area contributed by atoms with Gasteiger partial charge < -0.3 is 9.84 Å². The molecule has 2 heteroatoms. The van der Waals surface area contributed by atoms with Gasteiger partial charge in [-0.05, 0) is 106 Å². The summed E-state index contributed by atoms with van der Waals surface area (Å²) in [5, 5.41) is 9.54. The van der Waals surface area contributed by atoms with E-state index in [2.05, 4.69) is 44.2 Å². The number of hydrogen-bond donors (Lipinski definition) is 1. The van der Waals surface area contributed by atoms with Crippen molar-refractivity contribution in [3.8, 4) is 0 Å². The van der Waals surface area contributed by atoms with Gasteiger partial charge in [0.1, 0.15) is 0 Å². The summed E-state index contributed by atoms with van der Waals surface area (Å²) >= 11 is 0. The van der Waals surface area contributed by atoms with Crippen LogP contribution in [0.25, 0.3) is 0 Å². The number of fused-ring (bicyclic) bond motifs is 1. The number of aliphatic hydroxyl groups is 1. The molecule has 202 valence electrons. The number of rotatable bonds is 12. The number of unbranched alkanes of at least 4 members (excludes halogenated alkanes) is 2. The van der Waals surface area contributed by atoms with E-state index in [1.807, 2.05) is 0 Å². The quantitative estimate of drug-likeness (QED) is 0.275. The number of methoxy groups -OCH3 is 1. The molecule has 0 aromatic carbocycles. The molecule has 4 aliphatic carbocycles. The molecule has 0 heterocycles. The summed E-state index contributed by atoms with van der Waals surface area (Å²) in [6.45, 7) is 5.76. The van der Waals surface area contributed by atoms with Gasteiger partial charge in [-0.3, -0.25) is 0 Å². The molecule has 4 rings (SSSR count). The minimum Gasteiger partial charge on any atom is -0.396 e. The Morgan fingerprint density at radius 3 is 2.53 bits per heavy atom. The lowest BCUT2D eigenvalue weighted by molar-refractivity contribution is 0.0985. The molecule has 0 saturated heterocycles. The van der Waals surface area contributed by atoms with Gasteiger partial charge in [0.15, 0.2) is 0 Å². The highest BCUT2D eigenvalue weighted by atomic mass is 16.5. The molecular weight excluding hydrogens is 440 g/mol. The predicted molar refractivity (Wildman–Crippen MR) is 153 cm³/mol. The number of hydrogen-bond acceptors (Lipinski definition) is 2. The van der Waals surface area contributed by atoms with Gasteiger partial charge >= 0.3 is 0 Å². The van der Waals surface area contributed by atoms with Crippen LogP contribution in [-0.4, -0.2) is 25.4 Å². The Labute approximate surface area is 222 Å². The van der Waals surface area contributed by atoms with E-state index in [0.717, 1.165) is 41.9 Å². The van der Waals surface area contributed by atoms with Crippen molar-refractivity contribution < 1.29 is 9.84 Å². The zero-order valence-corrected chi connectivity index (χ0v) is 23.6. The summed E-state index contributed by atoms with van der Waals surface area (Å²) in [5.74, 6) is 5.05. The molecule has 0 bridgehead atoms. The summed E-state index contributed by atoms with van der Waals surface area (Å²) < 4.78 is 5.26. The molecule has 4 unspecified atom stereocenters. The topological polar surface area (TPSA) is 29.5 Å². The molecule has 2 nitrogen and oxygen atoms in total. The van der Waals surface area contributed by atoms with Gasteiger partial charge in [0, 0.05) is 19.6 Å². The van der Waals surface area contributed by atoms with Crippen LogP contribution in [0.2, 0.25) is 0 Å². The van der Waals surface area contributed by atoms with Gasteiger partial charge in [0.2, 0.25) is 0 Å². The van der Waals surface area contributed by atoms with E-state index in [1.165, 1.54) is 83.5 Å². The first-order chi connectivity index (χ1) is 17.6. The fourth-order valence-electron chi connectivity index (χ4n) is 7.79. The third kappa shape index (κ3) is 7.47. The highest BCUT2D eigenvalue weighted by Crippen LogP contribution is 2.46. The Balaban J connectivity index is 1.25. The molecule has 2 fully saturated rings. The minimum atomic E-state index is 0.262. The van der Waals surface area contributed by atoms with E-state index in [0.29, 0.717) is 12.5 Å². The monoisotopic (exact) mass is 494 g/mol. The van der Waals surface area contributed by atoms with Gasteiger partial charge in [-0.2, -0.15) is 0 Å². The third-order valence-corrected chi connectivity index (χ3v) is 10.1. The van der Waals surface area contributed by atoms with Crippen LogP contribution in [0, 0.1) is 41.4 Å². The van der Waals surface area contributed by atoms with E-state index in [1.54, 1.807) is 23.8 Å². The fraction of sp³-hybridized carbons (Fsp3) is 0.765. The first-order valence-corrected chi connectivity index (χ1v) is 15.5. The Hall–Kier alpha value is -1.12. The van der Waals surface area contributed by atoms with Crippen molar-refractivity contribution in [2.45, 2.75) is 104 Å². The van der Waals surface area contributed by atoms with Crippen LogP contribution >= 0.6 is 0 Å². The maximum Gasteiger partial charge on any atom is 0.0512 e. The number of allylic oxidation sites excluding steroid dienone is 8. The van der Waals surface area contributed by atoms with Crippen LogP contribution in [0.5, 0.6) is 0 Å². The summed E-state index contributed by atoms with van der Waals surface area (Å²) in [6.07, 6.45) is 31.4. The van der Waals surface area contributed by atoms with Crippen molar-refractivity contribution in [1.29, 1.82) is 0 Å². The van der Waals surface area contributed by atoms with Gasteiger partial charge in [0.25, 0.3) is 0 Å². The average molecular weight is 495 g/mol. The highest BCUT2D eigenvalue weighted by molar-refractivity contribution is 5.32. The van der Waals surface area contributed by atoms with Crippen molar-refractivity contribution in [2.75, 3.05) is 20.3 Å². The maximum atomic E-state index is 9.54. The second-order valence-electron chi connectivity index (χ2n) is 12.7. The fourth-order valence-corrected chi connectivity index (χ4v) is 7.79. The lowest BCUT2D eigenvalue weighted by atomic mass is 9.65. The van der Waals surface area contributed by atoms with E-state index in [-0.39, 0.29) is 6.61 Å². The zero-order chi connectivity index (χ0) is 25.3. The lowest BCUT2D eigenvalue weighted by Crippen LogP contribution is -2.28. The SMILES string of the molecule is CCCCCC1=CC2CCC(C3=CC=C(C4CCC(CCC(CO)COC)CC4)C[C@@H]3C)CC2C=C1. The summed E-state index contributed by atoms with van der Waals surface area (Å²) in [5.41, 5.74) is 5.10. The van der Waals surface area contributed by atoms with E-state index in [4.69, 9.17) is 4.74 Å². The van der Waals surface area contributed by atoms with Crippen molar-refractivity contribution in [2.24, 2.45) is 41.4 Å². The van der Waals surface area contributed by atoms with Crippen LogP contribution in [0.15, 0.2) is 47.1 Å². The summed E-state index contributed by atoms with van der Waals surface area (Å²) in [4.78, 5) is 0. The first kappa shape index (κ1) is 27.9. The number of aliphatic hydroxyl groups excluding tert-OH is 1. The largest absolute Gasteiger partial charge is 0.396 e. The Bertz CT molecular complexity index is 794. The lowest BCUT2D eigenvalue weighted by Gasteiger charge is -2.40. The van der Waals surface area contributed by atoms with Crippen LogP contribution in [0.3, 0.4) is 0 Å². The number of ether oxygens (including phenoxy) is 1. The van der Waals surface area contributed by atoms with Crippen LogP contribution < -0.4 is 0 Å². The van der Waals surface area contributed by atoms with Crippen molar-refractivity contribution in [3.05, 3.63) is 47.1 Å². The Morgan fingerprint density at radius 1 is 1.00 bits per heavy atom. The molecule has 0 radical (unpaired) electrons. The molecule has 2 saturated carbocycles. The summed E-state index contributed by atoms with van der Waals surface area (Å²) in [6, 6.07) is 0. The molecule has 0 aromatic rings. The molecular formula is C34H54O2. The van der Waals surface area contributed by atoms with E-state index >= 15 is 0 Å². The maximum absolute atomic E-state index is 9.54. The Kier molecular flexibility index (Phi) is 11.0. The van der Waals surface area contributed by atoms with E-state index in [9.17, 15) is 5.11 Å². The Morgan fingerprint density at radius 2 is 1.81 bits per heavy atom. The second kappa shape index (κ2) is 14.1. The molecule has 0 amide bonds. The second-order valence-corrected chi connectivity index (χ2v) is 12.7. The van der Waals surface area contributed by atoms with Gasteiger partial charge in [0.05, 0.1) is 6.61 Å². The van der Waals surface area contributed by atoms with Crippen molar-refractivity contribution in [1.82, 2.24) is 0 Å². The van der Waals surface area contributed by atoms with Crippen molar-refractivity contribution in [3.63, 3.8) is 0 Å². The highest BCUT2D eigenvalue weighted by Gasteiger charge is 2.34.